The molecule has 0 atom stereocenters. The first kappa shape index (κ1) is 6.83. The van der Waals surface area contributed by atoms with E-state index in [1.165, 1.54) is 6.92 Å². The molecule has 0 amide bonds. The number of aliphatic hydroxyl groups excluding tert-OH is 1. The number of hydrogen-bond acceptors (Lipinski definition) is 3. The minimum atomic E-state index is -0.112. The molecule has 0 aliphatic heterocycles. The van der Waals surface area contributed by atoms with Crippen molar-refractivity contribution >= 4 is 5.97 Å². The van der Waals surface area contributed by atoms with E-state index in [-0.39, 0.29) is 11.6 Å². The predicted octanol–water partition coefficient (Wildman–Crippen LogP) is 0.0322. The highest BCUT2D eigenvalue weighted by molar-refractivity contribution is 5.70. The Morgan fingerprint density at radius 1 is 1.21 bits per heavy atom. The number of carbonyl (C=O) groups is 1. The van der Waals surface area contributed by atoms with E-state index < -0.39 is 0 Å². The molecule has 6 rings (SSSR count). The molecule has 6 aliphatic carbocycles. The number of rotatable bonds is 2. The SMILES string of the molecule is CC(=O)OC12C3C4C1C1C2C3C41CO. The summed E-state index contributed by atoms with van der Waals surface area (Å²) in [4.78, 5) is 11.0. The van der Waals surface area contributed by atoms with Crippen molar-refractivity contribution in [2.45, 2.75) is 12.5 Å². The molecule has 0 bridgehead atoms. The molecule has 74 valence electrons. The van der Waals surface area contributed by atoms with Gasteiger partial charge in [-0.05, 0) is 17.8 Å². The fourth-order valence-electron chi connectivity index (χ4n) is 6.42. The Morgan fingerprint density at radius 2 is 1.71 bits per heavy atom. The zero-order chi connectivity index (χ0) is 9.46. The van der Waals surface area contributed by atoms with Gasteiger partial charge in [0.25, 0.3) is 0 Å². The van der Waals surface area contributed by atoms with Gasteiger partial charge >= 0.3 is 5.97 Å². The third-order valence-electron chi connectivity index (χ3n) is 6.34. The molecule has 0 aromatic rings. The monoisotopic (exact) mass is 192 g/mol. The summed E-state index contributed by atoms with van der Waals surface area (Å²) in [6.07, 6.45) is 0. The molecule has 0 saturated heterocycles. The van der Waals surface area contributed by atoms with E-state index in [4.69, 9.17) is 4.74 Å². The second-order valence-electron chi connectivity index (χ2n) is 5.87. The average molecular weight is 192 g/mol. The van der Waals surface area contributed by atoms with Crippen LogP contribution in [-0.4, -0.2) is 23.3 Å². The summed E-state index contributed by atoms with van der Waals surface area (Å²) in [5.74, 6) is 4.03. The molecule has 6 aliphatic rings. The first-order valence-corrected chi connectivity index (χ1v) is 5.51. The predicted molar refractivity (Wildman–Crippen MR) is 45.0 cm³/mol. The molecule has 1 N–H and O–H groups in total. The van der Waals surface area contributed by atoms with E-state index in [1.807, 2.05) is 0 Å². The molecular weight excluding hydrogens is 180 g/mol. The molecule has 3 heteroatoms. The fraction of sp³-hybridized carbons (Fsp3) is 0.909. The summed E-state index contributed by atoms with van der Waals surface area (Å²) < 4.78 is 5.52. The molecule has 6 saturated carbocycles. The zero-order valence-corrected chi connectivity index (χ0v) is 7.93. The van der Waals surface area contributed by atoms with E-state index in [2.05, 4.69) is 0 Å². The van der Waals surface area contributed by atoms with Crippen LogP contribution in [0.1, 0.15) is 6.92 Å². The molecular formula is C11H12O3. The van der Waals surface area contributed by atoms with Crippen LogP contribution >= 0.6 is 0 Å². The Kier molecular flexibility index (Phi) is 0.668. The lowest BCUT2D eigenvalue weighted by Gasteiger charge is -3.09. The smallest absolute Gasteiger partial charge is 0.303 e. The standard InChI is InChI=1S/C11H12O3/c1-3(13)14-11-7-4-8(11)6-9(11)5(7)10(4,6)2-12/h4-9,12H,2H2,1H3. The van der Waals surface area contributed by atoms with Gasteiger partial charge in [-0.15, -0.1) is 0 Å². The molecule has 3 nitrogen and oxygen atoms in total. The summed E-state index contributed by atoms with van der Waals surface area (Å²) in [5, 5.41) is 9.38. The van der Waals surface area contributed by atoms with Gasteiger partial charge in [-0.3, -0.25) is 4.79 Å². The maximum absolute atomic E-state index is 11.0. The Bertz CT molecular complexity index is 346. The van der Waals surface area contributed by atoms with Gasteiger partial charge in [-0.25, -0.2) is 0 Å². The molecule has 0 unspecified atom stereocenters. The second-order valence-corrected chi connectivity index (χ2v) is 5.87. The first-order chi connectivity index (χ1) is 6.71. The van der Waals surface area contributed by atoms with Crippen molar-refractivity contribution in [1.82, 2.24) is 0 Å². The van der Waals surface area contributed by atoms with Gasteiger partial charge in [0.05, 0.1) is 0 Å². The van der Waals surface area contributed by atoms with Crippen LogP contribution in [0.5, 0.6) is 0 Å². The van der Waals surface area contributed by atoms with Crippen molar-refractivity contribution in [2.75, 3.05) is 6.61 Å². The molecule has 0 heterocycles. The van der Waals surface area contributed by atoms with Gasteiger partial charge in [0.15, 0.2) is 0 Å². The number of aliphatic hydroxyl groups is 1. The van der Waals surface area contributed by atoms with Crippen LogP contribution in [0.4, 0.5) is 0 Å². The van der Waals surface area contributed by atoms with E-state index in [0.29, 0.717) is 29.8 Å². The maximum atomic E-state index is 11.0. The molecule has 6 fully saturated rings. The number of carbonyl (C=O) groups excluding carboxylic acids is 1. The number of esters is 1. The Hall–Kier alpha value is -0.570. The van der Waals surface area contributed by atoms with Crippen molar-refractivity contribution in [1.29, 1.82) is 0 Å². The van der Waals surface area contributed by atoms with Crippen LogP contribution in [0.2, 0.25) is 0 Å². The quantitative estimate of drug-likeness (QED) is 0.628. The van der Waals surface area contributed by atoms with Crippen LogP contribution in [0.25, 0.3) is 0 Å². The van der Waals surface area contributed by atoms with Crippen molar-refractivity contribution in [3.63, 3.8) is 0 Å². The lowest BCUT2D eigenvalue weighted by molar-refractivity contribution is -0.661. The van der Waals surface area contributed by atoms with Crippen molar-refractivity contribution in [3.05, 3.63) is 0 Å². The van der Waals surface area contributed by atoms with Crippen molar-refractivity contribution in [2.24, 2.45) is 40.9 Å². The van der Waals surface area contributed by atoms with E-state index in [1.54, 1.807) is 0 Å². The van der Waals surface area contributed by atoms with E-state index in [9.17, 15) is 9.90 Å². The Morgan fingerprint density at radius 3 is 2.07 bits per heavy atom. The second kappa shape index (κ2) is 1.37. The Labute approximate surface area is 81.4 Å². The van der Waals surface area contributed by atoms with Gasteiger partial charge in [-0.1, -0.05) is 0 Å². The van der Waals surface area contributed by atoms with Gasteiger partial charge in [0, 0.05) is 36.7 Å². The highest BCUT2D eigenvalue weighted by atomic mass is 16.6. The summed E-state index contributed by atoms with van der Waals surface area (Å²) in [5.41, 5.74) is 0.338. The fourth-order valence-corrected chi connectivity index (χ4v) is 6.42. The van der Waals surface area contributed by atoms with Crippen LogP contribution < -0.4 is 0 Å². The van der Waals surface area contributed by atoms with Crippen LogP contribution in [0, 0.1) is 40.9 Å². The van der Waals surface area contributed by atoms with Crippen LogP contribution in [0.15, 0.2) is 0 Å². The first-order valence-electron chi connectivity index (χ1n) is 5.51. The van der Waals surface area contributed by atoms with Gasteiger partial charge in [-0.2, -0.15) is 0 Å². The third kappa shape index (κ3) is 0.273. The van der Waals surface area contributed by atoms with Gasteiger partial charge in [0.2, 0.25) is 0 Å². The topological polar surface area (TPSA) is 46.5 Å². The van der Waals surface area contributed by atoms with Crippen LogP contribution in [-0.2, 0) is 9.53 Å². The molecule has 0 aromatic heterocycles. The minimum absolute atomic E-state index is 0.00273. The summed E-state index contributed by atoms with van der Waals surface area (Å²) in [7, 11) is 0. The maximum Gasteiger partial charge on any atom is 0.303 e. The highest BCUT2D eigenvalue weighted by Crippen LogP contribution is 3.07. The number of ether oxygens (including phenoxy) is 1. The van der Waals surface area contributed by atoms with Crippen LogP contribution in [0.3, 0.4) is 0 Å². The lowest BCUT2D eigenvalue weighted by atomic mass is 8.95. The lowest BCUT2D eigenvalue weighted by Crippen LogP contribution is -3.13. The van der Waals surface area contributed by atoms with Gasteiger partial charge in [0.1, 0.15) is 5.60 Å². The average Bonchev–Trinajstić information content (AvgIpc) is 2.18. The normalized spacial score (nSPS) is 77.0. The van der Waals surface area contributed by atoms with Crippen molar-refractivity contribution in [3.8, 4) is 0 Å². The van der Waals surface area contributed by atoms with E-state index >= 15 is 0 Å². The van der Waals surface area contributed by atoms with Gasteiger partial charge < -0.3 is 9.84 Å². The molecule has 0 aromatic carbocycles. The highest BCUT2D eigenvalue weighted by Gasteiger charge is 3.11. The third-order valence-corrected chi connectivity index (χ3v) is 6.34. The van der Waals surface area contributed by atoms with E-state index in [0.717, 1.165) is 17.8 Å². The number of hydrogen-bond donors (Lipinski definition) is 1. The summed E-state index contributed by atoms with van der Waals surface area (Å²) >= 11 is 0. The summed E-state index contributed by atoms with van der Waals surface area (Å²) in [6, 6.07) is 0. The zero-order valence-electron chi connectivity index (χ0n) is 7.93. The van der Waals surface area contributed by atoms with Crippen molar-refractivity contribution < 1.29 is 14.6 Å². The molecule has 0 spiro atoms. The molecule has 14 heavy (non-hydrogen) atoms. The largest absolute Gasteiger partial charge is 0.458 e. The molecule has 0 radical (unpaired) electrons. The minimum Gasteiger partial charge on any atom is -0.458 e. The summed E-state index contributed by atoms with van der Waals surface area (Å²) in [6.45, 7) is 1.90. The Balaban J connectivity index is 1.54.